The molecule has 5 rings (SSSR count). The first-order valence-corrected chi connectivity index (χ1v) is 12.5. The molecule has 0 amide bonds. The summed E-state index contributed by atoms with van der Waals surface area (Å²) in [5.74, 6) is 0.781. The van der Waals surface area contributed by atoms with E-state index in [2.05, 4.69) is 9.89 Å². The molecule has 1 atom stereocenters. The number of anilines is 1. The van der Waals surface area contributed by atoms with Crippen molar-refractivity contribution in [2.24, 2.45) is 4.99 Å². The number of morpholine rings is 1. The number of hydrogen-bond donors (Lipinski definition) is 0. The van der Waals surface area contributed by atoms with Gasteiger partial charge in [-0.05, 0) is 31.5 Å². The van der Waals surface area contributed by atoms with E-state index in [0.717, 1.165) is 19.0 Å². The number of halogens is 1. The molecule has 0 radical (unpaired) electrons. The molecule has 3 aromatic rings. The highest BCUT2D eigenvalue weighted by atomic mass is 35.5. The van der Waals surface area contributed by atoms with Crippen molar-refractivity contribution >= 4 is 40.9 Å². The molecule has 1 saturated heterocycles. The molecule has 4 heterocycles. The molecule has 0 spiro atoms. The van der Waals surface area contributed by atoms with Gasteiger partial charge >= 0.3 is 5.97 Å². The average Bonchev–Trinajstić information content (AvgIpc) is 3.44. The SMILES string of the molecule is CCOC(=O)C1=C(C)N=c2s/c(=C/c3ccc(N4CCOCC4)o3)c(=O)n2[C@@H]1c1ccccc1Cl. The second kappa shape index (κ2) is 9.85. The predicted molar refractivity (Wildman–Crippen MR) is 134 cm³/mol. The van der Waals surface area contributed by atoms with Crippen LogP contribution in [0, 0.1) is 0 Å². The molecule has 0 bridgehead atoms. The summed E-state index contributed by atoms with van der Waals surface area (Å²) in [6.45, 7) is 6.50. The van der Waals surface area contributed by atoms with Crippen molar-refractivity contribution in [2.45, 2.75) is 19.9 Å². The van der Waals surface area contributed by atoms with E-state index in [1.54, 1.807) is 32.1 Å². The van der Waals surface area contributed by atoms with Gasteiger partial charge in [0.15, 0.2) is 10.7 Å². The first-order chi connectivity index (χ1) is 17.0. The Labute approximate surface area is 210 Å². The highest BCUT2D eigenvalue weighted by molar-refractivity contribution is 7.07. The number of thiazole rings is 1. The van der Waals surface area contributed by atoms with Gasteiger partial charge in [-0.2, -0.15) is 0 Å². The normalized spacial score (nSPS) is 18.4. The number of fused-ring (bicyclic) bond motifs is 1. The van der Waals surface area contributed by atoms with Crippen LogP contribution in [0.15, 0.2) is 61.9 Å². The molecule has 35 heavy (non-hydrogen) atoms. The van der Waals surface area contributed by atoms with Crippen LogP contribution in [0.5, 0.6) is 0 Å². The zero-order chi connectivity index (χ0) is 24.5. The van der Waals surface area contributed by atoms with Gasteiger partial charge in [-0.1, -0.05) is 41.1 Å². The van der Waals surface area contributed by atoms with E-state index in [9.17, 15) is 9.59 Å². The fourth-order valence-corrected chi connectivity index (χ4v) is 5.55. The van der Waals surface area contributed by atoms with E-state index in [1.807, 2.05) is 24.3 Å². The smallest absolute Gasteiger partial charge is 0.338 e. The minimum atomic E-state index is -0.748. The van der Waals surface area contributed by atoms with Crippen LogP contribution in [0.3, 0.4) is 0 Å². The maximum atomic E-state index is 13.6. The molecule has 0 unspecified atom stereocenters. The maximum Gasteiger partial charge on any atom is 0.338 e. The summed E-state index contributed by atoms with van der Waals surface area (Å²) >= 11 is 7.77. The molecular weight excluding hydrogens is 490 g/mol. The predicted octanol–water partition coefficient (Wildman–Crippen LogP) is 2.88. The third-order valence-electron chi connectivity index (χ3n) is 5.93. The van der Waals surface area contributed by atoms with Gasteiger partial charge in [0.25, 0.3) is 5.56 Å². The van der Waals surface area contributed by atoms with Crippen molar-refractivity contribution in [3.8, 4) is 0 Å². The number of esters is 1. The number of allylic oxidation sites excluding steroid dienone is 1. The Balaban J connectivity index is 1.62. The zero-order valence-electron chi connectivity index (χ0n) is 19.3. The van der Waals surface area contributed by atoms with Crippen LogP contribution in [-0.2, 0) is 14.3 Å². The highest BCUT2D eigenvalue weighted by Gasteiger charge is 2.34. The molecule has 8 nitrogen and oxygen atoms in total. The van der Waals surface area contributed by atoms with Crippen LogP contribution in [0.2, 0.25) is 5.02 Å². The third-order valence-corrected chi connectivity index (χ3v) is 7.25. The second-order valence-electron chi connectivity index (χ2n) is 8.10. The highest BCUT2D eigenvalue weighted by Crippen LogP contribution is 2.34. The number of furan rings is 1. The summed E-state index contributed by atoms with van der Waals surface area (Å²) in [5, 5.41) is 0.449. The summed E-state index contributed by atoms with van der Waals surface area (Å²) in [6.07, 6.45) is 1.71. The molecule has 0 saturated carbocycles. The molecule has 0 aliphatic carbocycles. The number of hydrogen-bond acceptors (Lipinski definition) is 8. The van der Waals surface area contributed by atoms with Crippen molar-refractivity contribution in [3.05, 3.63) is 83.7 Å². The second-order valence-corrected chi connectivity index (χ2v) is 9.52. The topological polar surface area (TPSA) is 86.3 Å². The Morgan fingerprint density at radius 3 is 2.77 bits per heavy atom. The van der Waals surface area contributed by atoms with Gasteiger partial charge in [-0.3, -0.25) is 9.36 Å². The van der Waals surface area contributed by atoms with E-state index in [0.29, 0.717) is 50.2 Å². The molecule has 1 fully saturated rings. The largest absolute Gasteiger partial charge is 0.463 e. The molecular formula is C25H24ClN3O5S. The minimum absolute atomic E-state index is 0.208. The van der Waals surface area contributed by atoms with Crippen molar-refractivity contribution in [2.75, 3.05) is 37.8 Å². The van der Waals surface area contributed by atoms with Gasteiger partial charge in [0, 0.05) is 30.3 Å². The van der Waals surface area contributed by atoms with Gasteiger partial charge in [0.05, 0.1) is 35.6 Å². The van der Waals surface area contributed by atoms with Crippen molar-refractivity contribution in [1.82, 2.24) is 4.57 Å². The lowest BCUT2D eigenvalue weighted by Gasteiger charge is -2.26. The van der Waals surface area contributed by atoms with Crippen LogP contribution < -0.4 is 19.8 Å². The Hall–Kier alpha value is -3.14. The summed E-state index contributed by atoms with van der Waals surface area (Å²) in [6, 6.07) is 10.2. The fraction of sp³-hybridized carbons (Fsp3) is 0.320. The summed E-state index contributed by atoms with van der Waals surface area (Å²) in [7, 11) is 0. The molecule has 10 heteroatoms. The van der Waals surface area contributed by atoms with Gasteiger partial charge in [-0.25, -0.2) is 9.79 Å². The zero-order valence-corrected chi connectivity index (χ0v) is 20.9. The first kappa shape index (κ1) is 23.6. The van der Waals surface area contributed by atoms with Crippen LogP contribution in [0.4, 0.5) is 5.88 Å². The van der Waals surface area contributed by atoms with Gasteiger partial charge in [0.2, 0.25) is 0 Å². The Kier molecular flexibility index (Phi) is 6.64. The quantitative estimate of drug-likeness (QED) is 0.488. The molecule has 0 N–H and O–H groups in total. The standard InChI is InChI=1S/C25H24ClN3O5S/c1-3-33-24(31)21-15(2)27-25-29(22(21)17-6-4-5-7-18(17)26)23(30)19(35-25)14-16-8-9-20(34-16)28-10-12-32-13-11-28/h4-9,14,22H,3,10-13H2,1-2H3/b19-14+/t22-/m1/s1. The van der Waals surface area contributed by atoms with E-state index < -0.39 is 12.0 Å². The van der Waals surface area contributed by atoms with E-state index >= 15 is 0 Å². The van der Waals surface area contributed by atoms with E-state index in [-0.39, 0.29) is 12.2 Å². The lowest BCUT2D eigenvalue weighted by molar-refractivity contribution is -0.139. The van der Waals surface area contributed by atoms with Gasteiger partial charge in [0.1, 0.15) is 11.8 Å². The number of aromatic nitrogens is 1. The Morgan fingerprint density at radius 2 is 2.03 bits per heavy atom. The molecule has 1 aromatic carbocycles. The monoisotopic (exact) mass is 513 g/mol. The average molecular weight is 514 g/mol. The minimum Gasteiger partial charge on any atom is -0.463 e. The van der Waals surface area contributed by atoms with Crippen LogP contribution in [-0.4, -0.2) is 43.4 Å². The lowest BCUT2D eigenvalue weighted by atomic mass is 9.96. The summed E-state index contributed by atoms with van der Waals surface area (Å²) < 4.78 is 18.7. The number of nitrogens with zero attached hydrogens (tertiary/aromatic N) is 3. The number of carbonyl (C=O) groups excluding carboxylic acids is 1. The van der Waals surface area contributed by atoms with Crippen LogP contribution >= 0.6 is 22.9 Å². The Bertz CT molecular complexity index is 1480. The first-order valence-electron chi connectivity index (χ1n) is 11.3. The number of rotatable bonds is 5. The van der Waals surface area contributed by atoms with Crippen molar-refractivity contribution < 1.29 is 18.7 Å². The maximum absolute atomic E-state index is 13.6. The fourth-order valence-electron chi connectivity index (χ4n) is 4.29. The molecule has 2 aliphatic rings. The van der Waals surface area contributed by atoms with Gasteiger partial charge in [-0.15, -0.1) is 0 Å². The molecule has 182 valence electrons. The Morgan fingerprint density at radius 1 is 1.26 bits per heavy atom. The van der Waals surface area contributed by atoms with Crippen molar-refractivity contribution in [3.63, 3.8) is 0 Å². The molecule has 2 aliphatic heterocycles. The number of benzene rings is 1. The summed E-state index contributed by atoms with van der Waals surface area (Å²) in [4.78, 5) is 33.8. The summed E-state index contributed by atoms with van der Waals surface area (Å²) in [5.41, 5.74) is 1.14. The lowest BCUT2D eigenvalue weighted by Crippen LogP contribution is -2.40. The van der Waals surface area contributed by atoms with Crippen molar-refractivity contribution in [1.29, 1.82) is 0 Å². The van der Waals surface area contributed by atoms with Crippen LogP contribution in [0.1, 0.15) is 31.2 Å². The van der Waals surface area contributed by atoms with Gasteiger partial charge < -0.3 is 18.8 Å². The van der Waals surface area contributed by atoms with E-state index in [1.165, 1.54) is 15.9 Å². The molecule has 2 aromatic heterocycles. The third kappa shape index (κ3) is 4.47. The number of carbonyl (C=O) groups is 1. The number of ether oxygens (including phenoxy) is 2. The van der Waals surface area contributed by atoms with E-state index in [4.69, 9.17) is 25.5 Å². The van der Waals surface area contributed by atoms with Crippen LogP contribution in [0.25, 0.3) is 6.08 Å².